The Hall–Kier alpha value is -3.95. The van der Waals surface area contributed by atoms with Gasteiger partial charge in [0, 0.05) is 30.1 Å². The molecule has 0 aliphatic carbocycles. The molecule has 1 aromatic carbocycles. The minimum atomic E-state index is -0.770. The molecular formula is C17H11F2N7O. The Bertz CT molecular complexity index is 1110. The molecule has 0 saturated heterocycles. The van der Waals surface area contributed by atoms with Gasteiger partial charge in [-0.05, 0) is 24.3 Å². The molecular weight excluding hydrogens is 356 g/mol. The van der Waals surface area contributed by atoms with Crippen molar-refractivity contribution in [1.29, 1.82) is 0 Å². The summed E-state index contributed by atoms with van der Waals surface area (Å²) in [4.78, 5) is 20.4. The fourth-order valence-electron chi connectivity index (χ4n) is 2.40. The van der Waals surface area contributed by atoms with Crippen LogP contribution in [0.1, 0.15) is 10.5 Å². The largest absolute Gasteiger partial charge is 0.305 e. The number of carbonyl (C=O) groups excluding carboxylic acids is 1. The van der Waals surface area contributed by atoms with Gasteiger partial charge in [-0.3, -0.25) is 9.89 Å². The molecule has 1 amide bonds. The number of halogens is 2. The van der Waals surface area contributed by atoms with Crippen LogP contribution >= 0.6 is 0 Å². The molecule has 0 saturated carbocycles. The Morgan fingerprint density at radius 1 is 1.15 bits per heavy atom. The zero-order valence-corrected chi connectivity index (χ0v) is 13.6. The third-order valence-electron chi connectivity index (χ3n) is 3.66. The van der Waals surface area contributed by atoms with E-state index in [1.807, 2.05) is 0 Å². The lowest BCUT2D eigenvalue weighted by atomic mass is 10.1. The molecule has 4 rings (SSSR count). The lowest BCUT2D eigenvalue weighted by Crippen LogP contribution is -2.14. The second kappa shape index (κ2) is 6.75. The van der Waals surface area contributed by atoms with Crippen LogP contribution in [0.5, 0.6) is 0 Å². The number of aromatic nitrogens is 6. The number of amides is 1. The second-order valence-electron chi connectivity index (χ2n) is 5.46. The maximum Gasteiger partial charge on any atom is 0.274 e. The summed E-state index contributed by atoms with van der Waals surface area (Å²) < 4.78 is 28.4. The van der Waals surface area contributed by atoms with Crippen molar-refractivity contribution in [2.24, 2.45) is 0 Å². The third-order valence-corrected chi connectivity index (χ3v) is 3.66. The number of carbonyl (C=O) groups is 1. The van der Waals surface area contributed by atoms with Gasteiger partial charge in [-0.1, -0.05) is 0 Å². The van der Waals surface area contributed by atoms with Gasteiger partial charge in [-0.2, -0.15) is 10.2 Å². The van der Waals surface area contributed by atoms with Gasteiger partial charge >= 0.3 is 0 Å². The van der Waals surface area contributed by atoms with Crippen molar-refractivity contribution in [3.05, 3.63) is 72.4 Å². The molecule has 8 nitrogen and oxygen atoms in total. The quantitative estimate of drug-likeness (QED) is 0.577. The van der Waals surface area contributed by atoms with Crippen molar-refractivity contribution in [2.45, 2.75) is 0 Å². The Balaban J connectivity index is 1.54. The van der Waals surface area contributed by atoms with Crippen molar-refractivity contribution < 1.29 is 13.6 Å². The number of anilines is 1. The molecule has 0 atom stereocenters. The van der Waals surface area contributed by atoms with E-state index in [0.29, 0.717) is 5.82 Å². The van der Waals surface area contributed by atoms with E-state index in [4.69, 9.17) is 0 Å². The maximum absolute atomic E-state index is 13.9. The van der Waals surface area contributed by atoms with E-state index in [1.54, 1.807) is 24.5 Å². The first-order chi connectivity index (χ1) is 13.1. The second-order valence-corrected chi connectivity index (χ2v) is 5.46. The topological polar surface area (TPSA) is 101 Å². The zero-order valence-electron chi connectivity index (χ0n) is 13.6. The first kappa shape index (κ1) is 16.5. The molecule has 0 spiro atoms. The van der Waals surface area contributed by atoms with Crippen molar-refractivity contribution in [3.8, 4) is 17.1 Å². The first-order valence-electron chi connectivity index (χ1n) is 7.74. The molecule has 0 fully saturated rings. The molecule has 27 heavy (non-hydrogen) atoms. The number of benzene rings is 1. The number of nitrogens with one attached hydrogen (secondary N) is 2. The van der Waals surface area contributed by atoms with E-state index < -0.39 is 17.5 Å². The summed E-state index contributed by atoms with van der Waals surface area (Å²) in [5.74, 6) is -1.26. The zero-order chi connectivity index (χ0) is 18.8. The van der Waals surface area contributed by atoms with E-state index in [2.05, 4.69) is 30.6 Å². The van der Waals surface area contributed by atoms with E-state index >= 15 is 0 Å². The number of H-pyrrole nitrogens is 1. The lowest BCUT2D eigenvalue weighted by Gasteiger charge is -2.04. The predicted octanol–water partition coefficient (Wildman–Crippen LogP) is 2.58. The van der Waals surface area contributed by atoms with Gasteiger partial charge < -0.3 is 5.32 Å². The highest BCUT2D eigenvalue weighted by Crippen LogP contribution is 2.22. The van der Waals surface area contributed by atoms with Gasteiger partial charge in [0.25, 0.3) is 5.91 Å². The number of hydrogen-bond acceptors (Lipinski definition) is 5. The van der Waals surface area contributed by atoms with Crippen LogP contribution in [0.25, 0.3) is 17.1 Å². The fraction of sp³-hybridized carbons (Fsp3) is 0. The molecule has 4 aromatic rings. The fourth-order valence-corrected chi connectivity index (χ4v) is 2.40. The maximum atomic E-state index is 13.9. The minimum absolute atomic E-state index is 0.0784. The summed E-state index contributed by atoms with van der Waals surface area (Å²) in [5.41, 5.74) is 0.347. The highest BCUT2D eigenvalue weighted by molar-refractivity contribution is 6.03. The molecule has 3 heterocycles. The summed E-state index contributed by atoms with van der Waals surface area (Å²) in [6, 6.07) is 7.76. The summed E-state index contributed by atoms with van der Waals surface area (Å²) in [6.45, 7) is 0. The third kappa shape index (κ3) is 3.40. The van der Waals surface area contributed by atoms with E-state index in [0.717, 1.165) is 12.1 Å². The summed E-state index contributed by atoms with van der Waals surface area (Å²) >= 11 is 0. The Morgan fingerprint density at radius 3 is 2.81 bits per heavy atom. The van der Waals surface area contributed by atoms with Crippen LogP contribution in [0.3, 0.4) is 0 Å². The van der Waals surface area contributed by atoms with E-state index in [-0.39, 0.29) is 22.8 Å². The van der Waals surface area contributed by atoms with Crippen LogP contribution in [0, 0.1) is 11.6 Å². The highest BCUT2D eigenvalue weighted by atomic mass is 19.1. The van der Waals surface area contributed by atoms with Gasteiger partial charge in [0.2, 0.25) is 0 Å². The summed E-state index contributed by atoms with van der Waals surface area (Å²) in [7, 11) is 0. The Labute approximate surface area is 150 Å². The average Bonchev–Trinajstić information content (AvgIpc) is 3.34. The van der Waals surface area contributed by atoms with Crippen LogP contribution in [0.4, 0.5) is 14.6 Å². The monoisotopic (exact) mass is 367 g/mol. The van der Waals surface area contributed by atoms with Gasteiger partial charge in [0.1, 0.15) is 29.5 Å². The Kier molecular flexibility index (Phi) is 4.13. The van der Waals surface area contributed by atoms with Crippen molar-refractivity contribution in [3.63, 3.8) is 0 Å². The normalized spacial score (nSPS) is 10.7. The van der Waals surface area contributed by atoms with Gasteiger partial charge in [0.15, 0.2) is 5.82 Å². The smallest absolute Gasteiger partial charge is 0.274 e. The summed E-state index contributed by atoms with van der Waals surface area (Å²) in [5, 5.41) is 13.1. The molecule has 0 bridgehead atoms. The number of hydrogen-bond donors (Lipinski definition) is 2. The highest BCUT2D eigenvalue weighted by Gasteiger charge is 2.15. The number of nitrogens with zero attached hydrogens (tertiary/aromatic N) is 5. The molecule has 134 valence electrons. The number of rotatable bonds is 4. The van der Waals surface area contributed by atoms with Gasteiger partial charge in [-0.25, -0.2) is 23.4 Å². The molecule has 0 radical (unpaired) electrons. The molecule has 0 aliphatic rings. The van der Waals surface area contributed by atoms with Crippen LogP contribution in [0.15, 0.2) is 55.1 Å². The molecule has 2 N–H and O–H groups in total. The van der Waals surface area contributed by atoms with Crippen molar-refractivity contribution in [1.82, 2.24) is 29.9 Å². The lowest BCUT2D eigenvalue weighted by molar-refractivity contribution is 0.102. The number of aromatic amines is 1. The molecule has 0 aliphatic heterocycles. The van der Waals surface area contributed by atoms with Crippen molar-refractivity contribution >= 4 is 11.7 Å². The standard InChI is InChI=1S/C17H11F2N7O/c18-10-2-3-11(12(19)6-10)13-7-14(25-24-13)17(27)23-15-8-16(21-9-20-15)26-5-1-4-22-26/h1-9H,(H,24,25)(H,20,21,23,27). The van der Waals surface area contributed by atoms with Gasteiger partial charge in [0.05, 0.1) is 5.69 Å². The van der Waals surface area contributed by atoms with E-state index in [1.165, 1.54) is 23.1 Å². The molecule has 0 unspecified atom stereocenters. The Morgan fingerprint density at radius 2 is 2.04 bits per heavy atom. The van der Waals surface area contributed by atoms with Crippen molar-refractivity contribution in [2.75, 3.05) is 5.32 Å². The van der Waals surface area contributed by atoms with Crippen LogP contribution in [0.2, 0.25) is 0 Å². The first-order valence-corrected chi connectivity index (χ1v) is 7.74. The van der Waals surface area contributed by atoms with Crippen LogP contribution in [-0.2, 0) is 0 Å². The van der Waals surface area contributed by atoms with Crippen LogP contribution in [-0.4, -0.2) is 35.9 Å². The van der Waals surface area contributed by atoms with Gasteiger partial charge in [-0.15, -0.1) is 0 Å². The minimum Gasteiger partial charge on any atom is -0.305 e. The SMILES string of the molecule is O=C(Nc1cc(-n2cccn2)ncn1)c1cc(-c2ccc(F)cc2F)n[nH]1. The summed E-state index contributed by atoms with van der Waals surface area (Å²) in [6.07, 6.45) is 4.59. The molecule has 3 aromatic heterocycles. The van der Waals surface area contributed by atoms with Crippen LogP contribution < -0.4 is 5.32 Å². The van der Waals surface area contributed by atoms with E-state index in [9.17, 15) is 13.6 Å². The molecule has 10 heteroatoms. The average molecular weight is 367 g/mol. The predicted molar refractivity (Wildman–Crippen MR) is 91.0 cm³/mol.